The summed E-state index contributed by atoms with van der Waals surface area (Å²) in [6, 6.07) is 14.0. The highest BCUT2D eigenvalue weighted by atomic mass is 16.5. The number of nitrogens with zero attached hydrogens (tertiary/aromatic N) is 3. The van der Waals surface area contributed by atoms with Gasteiger partial charge in [-0.15, -0.1) is 0 Å². The van der Waals surface area contributed by atoms with Gasteiger partial charge in [0.2, 0.25) is 0 Å². The molecule has 0 bridgehead atoms. The van der Waals surface area contributed by atoms with Gasteiger partial charge in [-0.25, -0.2) is 9.98 Å². The fourth-order valence-electron chi connectivity index (χ4n) is 2.96. The van der Waals surface area contributed by atoms with E-state index in [1.54, 1.807) is 14.2 Å². The van der Waals surface area contributed by atoms with E-state index in [1.807, 2.05) is 43.3 Å². The summed E-state index contributed by atoms with van der Waals surface area (Å²) in [5.41, 5.74) is 4.94. The minimum absolute atomic E-state index is 0.162. The summed E-state index contributed by atoms with van der Waals surface area (Å²) in [6.45, 7) is 12.8. The Morgan fingerprint density at radius 3 is 2.48 bits per heavy atom. The minimum atomic E-state index is 0.162. The molecule has 0 aliphatic rings. The number of aliphatic imine (C=N–C) groups is 2. The van der Waals surface area contributed by atoms with Crippen molar-refractivity contribution in [3.05, 3.63) is 71.6 Å². The maximum absolute atomic E-state index is 5.47. The van der Waals surface area contributed by atoms with E-state index < -0.39 is 0 Å². The first-order chi connectivity index (χ1) is 13.8. The first kappa shape index (κ1) is 22.5. The van der Waals surface area contributed by atoms with Gasteiger partial charge < -0.3 is 4.74 Å². The molecule has 0 fully saturated rings. The molecule has 0 saturated carbocycles. The Labute approximate surface area is 175 Å². The Hall–Kier alpha value is -2.75. The summed E-state index contributed by atoms with van der Waals surface area (Å²) in [5.74, 6) is 1.50. The fraction of sp³-hybridized carbons (Fsp3) is 0.400. The van der Waals surface area contributed by atoms with Crippen LogP contribution in [0.2, 0.25) is 0 Å². The predicted octanol–water partition coefficient (Wildman–Crippen LogP) is 5.90. The van der Waals surface area contributed by atoms with Gasteiger partial charge in [-0.05, 0) is 42.5 Å². The summed E-state index contributed by atoms with van der Waals surface area (Å²) in [4.78, 5) is 14.1. The molecule has 0 aliphatic carbocycles. The zero-order valence-corrected chi connectivity index (χ0v) is 18.6. The third kappa shape index (κ3) is 6.38. The van der Waals surface area contributed by atoms with Gasteiger partial charge in [-0.2, -0.15) is 0 Å². The second-order valence-corrected chi connectivity index (χ2v) is 8.08. The van der Waals surface area contributed by atoms with E-state index in [0.717, 1.165) is 46.8 Å². The molecule has 0 unspecified atom stereocenters. The van der Waals surface area contributed by atoms with Crippen LogP contribution in [0, 0.1) is 5.41 Å². The van der Waals surface area contributed by atoms with E-state index in [2.05, 4.69) is 38.4 Å². The van der Waals surface area contributed by atoms with Crippen LogP contribution < -0.4 is 4.74 Å². The van der Waals surface area contributed by atoms with Gasteiger partial charge in [0, 0.05) is 30.4 Å². The molecule has 0 atom stereocenters. The summed E-state index contributed by atoms with van der Waals surface area (Å²) in [7, 11) is 3.45. The molecule has 2 rings (SSSR count). The molecular formula is C25H33N3O. The highest BCUT2D eigenvalue weighted by Crippen LogP contribution is 2.27. The number of aromatic nitrogens is 1. The van der Waals surface area contributed by atoms with Gasteiger partial charge in [0.25, 0.3) is 0 Å². The zero-order valence-electron chi connectivity index (χ0n) is 18.6. The van der Waals surface area contributed by atoms with Crippen LogP contribution in [0.1, 0.15) is 57.5 Å². The van der Waals surface area contributed by atoms with Crippen molar-refractivity contribution < 1.29 is 4.74 Å². The van der Waals surface area contributed by atoms with Gasteiger partial charge in [0.15, 0.2) is 5.84 Å². The van der Waals surface area contributed by atoms with E-state index in [1.165, 1.54) is 0 Å². The largest absolute Gasteiger partial charge is 0.496 e. The molecule has 0 N–H and O–H groups in total. The standard InChI is InChI=1S/C25H33N3O/c1-8-25(4,5)17-22(18(2)3)28-24(26-6)21-14-11-13-20(27-21)16-19-12-9-10-15-23(19)29-7/h9-15H,2,8,16-17H2,1,3-7H3/b26-24-,28-22-. The lowest BCUT2D eigenvalue weighted by molar-refractivity contribution is 0.368. The molecule has 1 heterocycles. The first-order valence-corrected chi connectivity index (χ1v) is 10.1. The molecule has 0 spiro atoms. The minimum Gasteiger partial charge on any atom is -0.496 e. The zero-order chi connectivity index (χ0) is 21.4. The molecule has 0 saturated heterocycles. The van der Waals surface area contributed by atoms with E-state index >= 15 is 0 Å². The molecule has 2 aromatic rings. The molecule has 0 amide bonds. The Morgan fingerprint density at radius 2 is 1.86 bits per heavy atom. The van der Waals surface area contributed by atoms with E-state index in [9.17, 15) is 0 Å². The Kier molecular flexibility index (Phi) is 7.89. The van der Waals surface area contributed by atoms with Crippen LogP contribution in [0.5, 0.6) is 5.75 Å². The van der Waals surface area contributed by atoms with Crippen LogP contribution >= 0.6 is 0 Å². The lowest BCUT2D eigenvalue weighted by Gasteiger charge is -2.23. The van der Waals surface area contributed by atoms with Crippen molar-refractivity contribution in [2.45, 2.75) is 47.0 Å². The topological polar surface area (TPSA) is 46.8 Å². The number of amidine groups is 1. The third-order valence-electron chi connectivity index (χ3n) is 5.15. The summed E-state index contributed by atoms with van der Waals surface area (Å²) in [5, 5.41) is 0. The number of allylic oxidation sites excluding steroid dienone is 1. The number of methoxy groups -OCH3 is 1. The van der Waals surface area contributed by atoms with Crippen LogP contribution in [0.4, 0.5) is 0 Å². The SMILES string of the molecule is C=C(C)/C(CC(C)(C)CC)=N\C(=N/C)c1cccc(Cc2ccccc2OC)n1. The number of pyridine rings is 1. The molecule has 29 heavy (non-hydrogen) atoms. The summed E-state index contributed by atoms with van der Waals surface area (Å²) >= 11 is 0. The maximum atomic E-state index is 5.47. The number of rotatable bonds is 8. The van der Waals surface area contributed by atoms with Crippen molar-refractivity contribution in [1.29, 1.82) is 0 Å². The Balaban J connectivity index is 2.34. The van der Waals surface area contributed by atoms with Crippen molar-refractivity contribution in [3.8, 4) is 5.75 Å². The van der Waals surface area contributed by atoms with Crippen LogP contribution in [0.15, 0.2) is 64.6 Å². The number of hydrogen-bond donors (Lipinski definition) is 0. The van der Waals surface area contributed by atoms with Crippen molar-refractivity contribution in [3.63, 3.8) is 0 Å². The average Bonchev–Trinajstić information content (AvgIpc) is 2.71. The molecule has 154 valence electrons. The molecule has 4 nitrogen and oxygen atoms in total. The average molecular weight is 392 g/mol. The van der Waals surface area contributed by atoms with Crippen molar-refractivity contribution in [2.24, 2.45) is 15.4 Å². The van der Waals surface area contributed by atoms with Gasteiger partial charge >= 0.3 is 0 Å². The molecule has 0 aliphatic heterocycles. The van der Waals surface area contributed by atoms with Crippen molar-refractivity contribution in [2.75, 3.05) is 14.2 Å². The van der Waals surface area contributed by atoms with Crippen LogP contribution in [-0.2, 0) is 6.42 Å². The van der Waals surface area contributed by atoms with Gasteiger partial charge in [-0.1, -0.05) is 58.0 Å². The second kappa shape index (κ2) is 10.1. The molecule has 1 aromatic carbocycles. The smallest absolute Gasteiger partial charge is 0.173 e. The van der Waals surface area contributed by atoms with Crippen LogP contribution in [-0.4, -0.2) is 30.7 Å². The summed E-state index contributed by atoms with van der Waals surface area (Å²) in [6.07, 6.45) is 2.62. The number of para-hydroxylation sites is 1. The molecule has 1 aromatic heterocycles. The quantitative estimate of drug-likeness (QED) is 0.415. The fourth-order valence-corrected chi connectivity index (χ4v) is 2.96. The van der Waals surface area contributed by atoms with Crippen LogP contribution in [0.25, 0.3) is 0 Å². The summed E-state index contributed by atoms with van der Waals surface area (Å²) < 4.78 is 5.47. The second-order valence-electron chi connectivity index (χ2n) is 8.08. The highest BCUT2D eigenvalue weighted by molar-refractivity contribution is 6.11. The number of benzene rings is 1. The molecule has 4 heteroatoms. The lowest BCUT2D eigenvalue weighted by atomic mass is 9.83. The normalized spacial score (nSPS) is 12.8. The maximum Gasteiger partial charge on any atom is 0.173 e. The van der Waals surface area contributed by atoms with Crippen molar-refractivity contribution >= 4 is 11.5 Å². The van der Waals surface area contributed by atoms with Crippen molar-refractivity contribution in [1.82, 2.24) is 4.98 Å². The monoisotopic (exact) mass is 391 g/mol. The van der Waals surface area contributed by atoms with Gasteiger partial charge in [0.1, 0.15) is 11.4 Å². The third-order valence-corrected chi connectivity index (χ3v) is 5.15. The molecule has 0 radical (unpaired) electrons. The number of ether oxygens (including phenoxy) is 1. The Bertz CT molecular complexity index is 910. The number of hydrogen-bond acceptors (Lipinski definition) is 3. The van der Waals surface area contributed by atoms with E-state index in [0.29, 0.717) is 12.3 Å². The van der Waals surface area contributed by atoms with Crippen LogP contribution in [0.3, 0.4) is 0 Å². The molecular weight excluding hydrogens is 358 g/mol. The lowest BCUT2D eigenvalue weighted by Crippen LogP contribution is -2.18. The van der Waals surface area contributed by atoms with E-state index in [-0.39, 0.29) is 5.41 Å². The first-order valence-electron chi connectivity index (χ1n) is 10.1. The van der Waals surface area contributed by atoms with E-state index in [4.69, 9.17) is 14.7 Å². The Morgan fingerprint density at radius 1 is 1.14 bits per heavy atom. The van der Waals surface area contributed by atoms with Gasteiger partial charge in [-0.3, -0.25) is 4.99 Å². The predicted molar refractivity (Wildman–Crippen MR) is 123 cm³/mol. The highest BCUT2D eigenvalue weighted by Gasteiger charge is 2.19. The van der Waals surface area contributed by atoms with Gasteiger partial charge in [0.05, 0.1) is 7.11 Å².